The van der Waals surface area contributed by atoms with Crippen LogP contribution in [0.25, 0.3) is 10.9 Å². The fraction of sp³-hybridized carbons (Fsp3) is 0.286. The van der Waals surface area contributed by atoms with Gasteiger partial charge in [0.2, 0.25) is 11.8 Å². The average molecular weight is 243 g/mol. The van der Waals surface area contributed by atoms with Gasteiger partial charge in [-0.3, -0.25) is 0 Å². The van der Waals surface area contributed by atoms with Crippen LogP contribution in [0.1, 0.15) is 13.3 Å². The van der Waals surface area contributed by atoms with Gasteiger partial charge in [-0.15, -0.1) is 0 Å². The van der Waals surface area contributed by atoms with Crippen LogP contribution in [0.15, 0.2) is 36.9 Å². The first-order valence-corrected chi connectivity index (χ1v) is 6.09. The first-order valence-electron chi connectivity index (χ1n) is 6.09. The van der Waals surface area contributed by atoms with Crippen molar-refractivity contribution in [2.24, 2.45) is 0 Å². The molecule has 4 heteroatoms. The minimum atomic E-state index is 0.439. The molecule has 0 fully saturated rings. The molecule has 4 nitrogen and oxygen atoms in total. The van der Waals surface area contributed by atoms with E-state index >= 15 is 0 Å². The molecule has 0 aliphatic rings. The van der Waals surface area contributed by atoms with Crippen molar-refractivity contribution >= 4 is 16.9 Å². The van der Waals surface area contributed by atoms with E-state index in [4.69, 9.17) is 4.74 Å². The number of hydrogen-bond donors (Lipinski definition) is 1. The molecule has 1 heterocycles. The van der Waals surface area contributed by atoms with Gasteiger partial charge in [0.25, 0.3) is 0 Å². The Balaban J connectivity index is 2.39. The summed E-state index contributed by atoms with van der Waals surface area (Å²) in [5.74, 6) is 1.20. The Morgan fingerprint density at radius 2 is 2.17 bits per heavy atom. The number of nitrogens with zero attached hydrogens (tertiary/aromatic N) is 2. The Kier molecular flexibility index (Phi) is 4.12. The number of para-hydroxylation sites is 1. The highest BCUT2D eigenvalue weighted by atomic mass is 16.5. The minimum absolute atomic E-state index is 0.439. The summed E-state index contributed by atoms with van der Waals surface area (Å²) in [6.07, 6.45) is 2.73. The summed E-state index contributed by atoms with van der Waals surface area (Å²) in [6.45, 7) is 7.03. The van der Waals surface area contributed by atoms with E-state index in [1.807, 2.05) is 24.3 Å². The molecular formula is C14H17N3O. The highest BCUT2D eigenvalue weighted by molar-refractivity contribution is 5.84. The Hall–Kier alpha value is -2.10. The zero-order valence-electron chi connectivity index (χ0n) is 10.5. The molecule has 0 aliphatic heterocycles. The van der Waals surface area contributed by atoms with E-state index in [9.17, 15) is 0 Å². The van der Waals surface area contributed by atoms with E-state index < -0.39 is 0 Å². The summed E-state index contributed by atoms with van der Waals surface area (Å²) >= 11 is 0. The van der Waals surface area contributed by atoms with E-state index in [0.29, 0.717) is 18.4 Å². The number of aromatic nitrogens is 2. The van der Waals surface area contributed by atoms with Gasteiger partial charge in [0.05, 0.1) is 10.9 Å². The predicted molar refractivity (Wildman–Crippen MR) is 74.0 cm³/mol. The predicted octanol–water partition coefficient (Wildman–Crippen LogP) is 3.02. The number of ether oxygens (including phenoxy) is 1. The fourth-order valence-electron chi connectivity index (χ4n) is 1.61. The van der Waals surface area contributed by atoms with Gasteiger partial charge >= 0.3 is 0 Å². The van der Waals surface area contributed by atoms with Crippen LogP contribution < -0.4 is 10.1 Å². The van der Waals surface area contributed by atoms with Crippen molar-refractivity contribution in [3.8, 4) is 5.88 Å². The smallest absolute Gasteiger partial charge is 0.226 e. The van der Waals surface area contributed by atoms with Crippen molar-refractivity contribution in [1.82, 2.24) is 9.97 Å². The third-order valence-corrected chi connectivity index (χ3v) is 2.44. The Morgan fingerprint density at radius 3 is 2.94 bits per heavy atom. The standard InChI is InChI=1S/C14H17N3O/c1-3-9-15-14-16-12-8-6-5-7-11(12)13(17-14)18-10-4-2/h4-8H,2-3,9-10H2,1H3,(H,15,16,17). The van der Waals surface area contributed by atoms with Crippen molar-refractivity contribution in [2.75, 3.05) is 18.5 Å². The molecule has 0 saturated heterocycles. The molecule has 94 valence electrons. The molecule has 1 aromatic heterocycles. The quantitative estimate of drug-likeness (QED) is 0.792. The molecule has 2 rings (SSSR count). The number of rotatable bonds is 6. The van der Waals surface area contributed by atoms with Crippen molar-refractivity contribution in [1.29, 1.82) is 0 Å². The number of anilines is 1. The zero-order valence-corrected chi connectivity index (χ0v) is 10.5. The lowest BCUT2D eigenvalue weighted by Crippen LogP contribution is -2.06. The molecule has 0 atom stereocenters. The second-order valence-corrected chi connectivity index (χ2v) is 3.90. The highest BCUT2D eigenvalue weighted by Crippen LogP contribution is 2.23. The normalized spacial score (nSPS) is 10.3. The molecule has 0 bridgehead atoms. The van der Waals surface area contributed by atoms with E-state index in [-0.39, 0.29) is 0 Å². The van der Waals surface area contributed by atoms with Crippen molar-refractivity contribution in [2.45, 2.75) is 13.3 Å². The van der Waals surface area contributed by atoms with Gasteiger partial charge in [0, 0.05) is 6.54 Å². The van der Waals surface area contributed by atoms with Gasteiger partial charge < -0.3 is 10.1 Å². The summed E-state index contributed by atoms with van der Waals surface area (Å²) in [7, 11) is 0. The van der Waals surface area contributed by atoms with Crippen LogP contribution in [0.2, 0.25) is 0 Å². The lowest BCUT2D eigenvalue weighted by atomic mass is 10.2. The van der Waals surface area contributed by atoms with Gasteiger partial charge in [0.15, 0.2) is 0 Å². The lowest BCUT2D eigenvalue weighted by Gasteiger charge is -2.09. The molecule has 1 N–H and O–H groups in total. The van der Waals surface area contributed by atoms with Crippen molar-refractivity contribution in [3.05, 3.63) is 36.9 Å². The highest BCUT2D eigenvalue weighted by Gasteiger charge is 2.07. The van der Waals surface area contributed by atoms with Crippen LogP contribution in [0.4, 0.5) is 5.95 Å². The average Bonchev–Trinajstić information content (AvgIpc) is 2.42. The molecule has 0 aliphatic carbocycles. The van der Waals surface area contributed by atoms with Gasteiger partial charge in [-0.1, -0.05) is 31.7 Å². The Bertz CT molecular complexity index is 540. The maximum atomic E-state index is 5.58. The van der Waals surface area contributed by atoms with E-state index in [0.717, 1.165) is 23.9 Å². The van der Waals surface area contributed by atoms with E-state index in [1.54, 1.807) is 6.08 Å². The fourth-order valence-corrected chi connectivity index (χ4v) is 1.61. The van der Waals surface area contributed by atoms with Gasteiger partial charge in [-0.25, -0.2) is 4.98 Å². The number of benzene rings is 1. The van der Waals surface area contributed by atoms with Gasteiger partial charge in [-0.05, 0) is 18.6 Å². The van der Waals surface area contributed by atoms with Crippen LogP contribution in [0, 0.1) is 0 Å². The van der Waals surface area contributed by atoms with Crippen LogP contribution in [0.3, 0.4) is 0 Å². The van der Waals surface area contributed by atoms with E-state index in [2.05, 4.69) is 28.8 Å². The zero-order chi connectivity index (χ0) is 12.8. The SMILES string of the molecule is C=CCOc1nc(NCCC)nc2ccccc12. The second-order valence-electron chi connectivity index (χ2n) is 3.90. The van der Waals surface area contributed by atoms with Crippen LogP contribution in [-0.4, -0.2) is 23.1 Å². The number of fused-ring (bicyclic) bond motifs is 1. The van der Waals surface area contributed by atoms with Crippen molar-refractivity contribution in [3.63, 3.8) is 0 Å². The Morgan fingerprint density at radius 1 is 1.33 bits per heavy atom. The lowest BCUT2D eigenvalue weighted by molar-refractivity contribution is 0.353. The topological polar surface area (TPSA) is 47.0 Å². The molecule has 0 radical (unpaired) electrons. The van der Waals surface area contributed by atoms with Gasteiger partial charge in [0.1, 0.15) is 6.61 Å². The molecule has 2 aromatic rings. The van der Waals surface area contributed by atoms with Crippen LogP contribution >= 0.6 is 0 Å². The monoisotopic (exact) mass is 243 g/mol. The van der Waals surface area contributed by atoms with Crippen LogP contribution in [0.5, 0.6) is 5.88 Å². The molecule has 0 unspecified atom stereocenters. The van der Waals surface area contributed by atoms with E-state index in [1.165, 1.54) is 0 Å². The third kappa shape index (κ3) is 2.77. The summed E-state index contributed by atoms with van der Waals surface area (Å²) in [5, 5.41) is 4.09. The second kappa shape index (κ2) is 6.00. The summed E-state index contributed by atoms with van der Waals surface area (Å²) in [4.78, 5) is 8.84. The molecule has 0 saturated carbocycles. The van der Waals surface area contributed by atoms with Crippen molar-refractivity contribution < 1.29 is 4.74 Å². The molecule has 18 heavy (non-hydrogen) atoms. The largest absolute Gasteiger partial charge is 0.473 e. The molecule has 0 amide bonds. The summed E-state index contributed by atoms with van der Waals surface area (Å²) < 4.78 is 5.58. The molecular weight excluding hydrogens is 226 g/mol. The summed E-state index contributed by atoms with van der Waals surface area (Å²) in [5.41, 5.74) is 0.880. The maximum absolute atomic E-state index is 5.58. The maximum Gasteiger partial charge on any atom is 0.226 e. The molecule has 1 aromatic carbocycles. The molecule has 0 spiro atoms. The number of hydrogen-bond acceptors (Lipinski definition) is 4. The Labute approximate surface area is 107 Å². The third-order valence-electron chi connectivity index (χ3n) is 2.44. The van der Waals surface area contributed by atoms with Crippen LogP contribution in [-0.2, 0) is 0 Å². The number of nitrogens with one attached hydrogen (secondary N) is 1. The first-order chi connectivity index (χ1) is 8.85. The van der Waals surface area contributed by atoms with Gasteiger partial charge in [-0.2, -0.15) is 4.98 Å². The minimum Gasteiger partial charge on any atom is -0.473 e. The first kappa shape index (κ1) is 12.4. The summed E-state index contributed by atoms with van der Waals surface area (Å²) in [6, 6.07) is 7.81.